The molecular weight excluding hydrogens is 290 g/mol. The molecule has 0 unspecified atom stereocenters. The first-order valence-electron chi connectivity index (χ1n) is 5.98. The van der Waals surface area contributed by atoms with Gasteiger partial charge in [-0.15, -0.1) is 0 Å². The van der Waals surface area contributed by atoms with Gasteiger partial charge in [0.2, 0.25) is 0 Å². The fourth-order valence-corrected chi connectivity index (χ4v) is 2.38. The quantitative estimate of drug-likeness (QED) is 0.848. The van der Waals surface area contributed by atoms with Gasteiger partial charge >= 0.3 is 0 Å². The van der Waals surface area contributed by atoms with E-state index in [9.17, 15) is 0 Å². The van der Waals surface area contributed by atoms with E-state index >= 15 is 0 Å². The molecule has 0 aliphatic heterocycles. The summed E-state index contributed by atoms with van der Waals surface area (Å²) >= 11 is 3.47. The van der Waals surface area contributed by atoms with Crippen LogP contribution in [0.1, 0.15) is 12.0 Å². The van der Waals surface area contributed by atoms with E-state index in [-0.39, 0.29) is 0 Å². The van der Waals surface area contributed by atoms with Crippen LogP contribution in [-0.2, 0) is 6.42 Å². The Morgan fingerprint density at radius 3 is 2.72 bits per heavy atom. The van der Waals surface area contributed by atoms with Crippen LogP contribution in [0.25, 0.3) is 0 Å². The van der Waals surface area contributed by atoms with E-state index in [0.29, 0.717) is 0 Å². The number of aromatic nitrogens is 2. The van der Waals surface area contributed by atoms with Crippen molar-refractivity contribution in [2.75, 3.05) is 18.5 Å². The van der Waals surface area contributed by atoms with Crippen LogP contribution in [0.2, 0.25) is 0 Å². The molecule has 18 heavy (non-hydrogen) atoms. The minimum atomic E-state index is 0.937. The van der Waals surface area contributed by atoms with Crippen LogP contribution in [0, 0.1) is 0 Å². The van der Waals surface area contributed by atoms with Crippen LogP contribution in [0.15, 0.2) is 47.3 Å². The number of hydrogen-bond donors (Lipinski definition) is 0. The van der Waals surface area contributed by atoms with Crippen LogP contribution in [0.4, 0.5) is 5.82 Å². The zero-order chi connectivity index (χ0) is 12.8. The molecular formula is C14H16BrN3. The van der Waals surface area contributed by atoms with Gasteiger partial charge in [-0.2, -0.15) is 0 Å². The third-order valence-electron chi connectivity index (χ3n) is 2.81. The molecule has 3 nitrogen and oxygen atoms in total. The molecule has 0 N–H and O–H groups in total. The zero-order valence-electron chi connectivity index (χ0n) is 10.4. The number of rotatable bonds is 5. The summed E-state index contributed by atoms with van der Waals surface area (Å²) in [4.78, 5) is 10.4. The Hall–Kier alpha value is -1.42. The van der Waals surface area contributed by atoms with Crippen molar-refractivity contribution in [3.8, 4) is 0 Å². The first-order valence-corrected chi connectivity index (χ1v) is 6.77. The van der Waals surface area contributed by atoms with E-state index < -0.39 is 0 Å². The van der Waals surface area contributed by atoms with Gasteiger partial charge in [-0.1, -0.05) is 30.3 Å². The molecule has 1 heterocycles. The lowest BCUT2D eigenvalue weighted by Gasteiger charge is -2.18. The molecule has 1 aromatic heterocycles. The standard InChI is InChI=1S/C14H16BrN3/c1-18(14-13(15)10-16-11-17-14)9-5-8-12-6-3-2-4-7-12/h2-4,6-7,10-11H,5,8-9H2,1H3. The highest BCUT2D eigenvalue weighted by atomic mass is 79.9. The van der Waals surface area contributed by atoms with Crippen molar-refractivity contribution in [1.29, 1.82) is 0 Å². The molecule has 2 aromatic rings. The predicted octanol–water partition coefficient (Wildman–Crippen LogP) is 3.31. The minimum absolute atomic E-state index is 0.937. The Kier molecular flexibility index (Phi) is 4.70. The number of hydrogen-bond acceptors (Lipinski definition) is 3. The van der Waals surface area contributed by atoms with Crippen molar-refractivity contribution in [2.24, 2.45) is 0 Å². The fraction of sp³-hybridized carbons (Fsp3) is 0.286. The molecule has 4 heteroatoms. The summed E-state index contributed by atoms with van der Waals surface area (Å²) in [5.74, 6) is 0.943. The molecule has 94 valence electrons. The highest BCUT2D eigenvalue weighted by Gasteiger charge is 2.06. The smallest absolute Gasteiger partial charge is 0.146 e. The van der Waals surface area contributed by atoms with Crippen molar-refractivity contribution in [3.05, 3.63) is 52.9 Å². The van der Waals surface area contributed by atoms with Gasteiger partial charge in [-0.05, 0) is 34.3 Å². The molecule has 0 aliphatic carbocycles. The normalized spacial score (nSPS) is 10.3. The summed E-state index contributed by atoms with van der Waals surface area (Å²) in [7, 11) is 2.05. The molecule has 0 spiro atoms. The average molecular weight is 306 g/mol. The lowest BCUT2D eigenvalue weighted by molar-refractivity contribution is 0.774. The first-order chi connectivity index (χ1) is 8.77. The van der Waals surface area contributed by atoms with Gasteiger partial charge in [0.1, 0.15) is 12.1 Å². The Labute approximate surface area is 116 Å². The molecule has 0 aliphatic rings. The molecule has 0 saturated carbocycles. The number of benzene rings is 1. The van der Waals surface area contributed by atoms with Crippen LogP contribution in [-0.4, -0.2) is 23.6 Å². The first kappa shape index (κ1) is 13.0. The Morgan fingerprint density at radius 1 is 1.22 bits per heavy atom. The predicted molar refractivity (Wildman–Crippen MR) is 77.8 cm³/mol. The van der Waals surface area contributed by atoms with Gasteiger partial charge in [-0.3, -0.25) is 0 Å². The summed E-state index contributed by atoms with van der Waals surface area (Å²) in [6.07, 6.45) is 5.55. The maximum Gasteiger partial charge on any atom is 0.146 e. The molecule has 0 atom stereocenters. The van der Waals surface area contributed by atoms with Crippen molar-refractivity contribution in [2.45, 2.75) is 12.8 Å². The van der Waals surface area contributed by atoms with E-state index in [1.165, 1.54) is 5.56 Å². The Bertz CT molecular complexity index is 487. The molecule has 1 aromatic carbocycles. The third kappa shape index (κ3) is 3.53. The monoisotopic (exact) mass is 305 g/mol. The summed E-state index contributed by atoms with van der Waals surface area (Å²) in [6.45, 7) is 0.977. The zero-order valence-corrected chi connectivity index (χ0v) is 12.0. The second-order valence-corrected chi connectivity index (χ2v) is 5.06. The van der Waals surface area contributed by atoms with Crippen LogP contribution in [0.3, 0.4) is 0 Å². The Balaban J connectivity index is 1.86. The van der Waals surface area contributed by atoms with Crippen molar-refractivity contribution in [3.63, 3.8) is 0 Å². The minimum Gasteiger partial charge on any atom is -0.359 e. The van der Waals surface area contributed by atoms with Crippen molar-refractivity contribution in [1.82, 2.24) is 9.97 Å². The van der Waals surface area contributed by atoms with E-state index in [2.05, 4.69) is 62.1 Å². The van der Waals surface area contributed by atoms with E-state index in [1.807, 2.05) is 6.07 Å². The number of halogens is 1. The number of aryl methyl sites for hydroxylation is 1. The molecule has 0 bridgehead atoms. The van der Waals surface area contributed by atoms with E-state index in [4.69, 9.17) is 0 Å². The maximum absolute atomic E-state index is 4.27. The second kappa shape index (κ2) is 6.50. The summed E-state index contributed by atoms with van der Waals surface area (Å²) in [5, 5.41) is 0. The average Bonchev–Trinajstić information content (AvgIpc) is 2.40. The molecule has 0 radical (unpaired) electrons. The summed E-state index contributed by atoms with van der Waals surface area (Å²) in [6, 6.07) is 10.6. The van der Waals surface area contributed by atoms with Gasteiger partial charge in [0.25, 0.3) is 0 Å². The molecule has 0 amide bonds. The molecule has 0 fully saturated rings. The van der Waals surface area contributed by atoms with Crippen LogP contribution in [0.5, 0.6) is 0 Å². The van der Waals surface area contributed by atoms with Crippen LogP contribution >= 0.6 is 15.9 Å². The van der Waals surface area contributed by atoms with E-state index in [1.54, 1.807) is 12.5 Å². The van der Waals surface area contributed by atoms with Crippen LogP contribution < -0.4 is 4.90 Å². The van der Waals surface area contributed by atoms with Crippen molar-refractivity contribution < 1.29 is 0 Å². The van der Waals surface area contributed by atoms with Gasteiger partial charge in [0, 0.05) is 19.8 Å². The fourth-order valence-electron chi connectivity index (χ4n) is 1.86. The maximum atomic E-state index is 4.27. The lowest BCUT2D eigenvalue weighted by atomic mass is 10.1. The molecule has 0 saturated heterocycles. The number of nitrogens with zero attached hydrogens (tertiary/aromatic N) is 3. The highest BCUT2D eigenvalue weighted by molar-refractivity contribution is 9.10. The topological polar surface area (TPSA) is 29.0 Å². The van der Waals surface area contributed by atoms with Gasteiger partial charge < -0.3 is 4.90 Å². The summed E-state index contributed by atoms with van der Waals surface area (Å²) in [5.41, 5.74) is 1.38. The highest BCUT2D eigenvalue weighted by Crippen LogP contribution is 2.20. The van der Waals surface area contributed by atoms with Crippen molar-refractivity contribution >= 4 is 21.7 Å². The lowest BCUT2D eigenvalue weighted by Crippen LogP contribution is -2.20. The number of anilines is 1. The van der Waals surface area contributed by atoms with Gasteiger partial charge in [0.15, 0.2) is 0 Å². The molecule has 2 rings (SSSR count). The summed E-state index contributed by atoms with van der Waals surface area (Å²) < 4.78 is 0.937. The largest absolute Gasteiger partial charge is 0.359 e. The van der Waals surface area contributed by atoms with Gasteiger partial charge in [0.05, 0.1) is 4.47 Å². The van der Waals surface area contributed by atoms with Gasteiger partial charge in [-0.25, -0.2) is 9.97 Å². The second-order valence-electron chi connectivity index (χ2n) is 4.20. The van der Waals surface area contributed by atoms with E-state index in [0.717, 1.165) is 29.7 Å². The SMILES string of the molecule is CN(CCCc1ccccc1)c1ncncc1Br. The Morgan fingerprint density at radius 2 is 2.00 bits per heavy atom. The third-order valence-corrected chi connectivity index (χ3v) is 3.37.